The molecule has 0 saturated carbocycles. The molecule has 3 aliphatic rings. The molecule has 0 amide bonds. The van der Waals surface area contributed by atoms with Gasteiger partial charge >= 0.3 is 0 Å². The fourth-order valence-corrected chi connectivity index (χ4v) is 4.23. The Balaban J connectivity index is 2.07. The van der Waals surface area contributed by atoms with Crippen molar-refractivity contribution in [2.45, 2.75) is 46.3 Å². The van der Waals surface area contributed by atoms with Crippen LogP contribution in [0.2, 0.25) is 0 Å². The van der Waals surface area contributed by atoms with Gasteiger partial charge in [0, 0.05) is 18.3 Å². The van der Waals surface area contributed by atoms with Gasteiger partial charge in [0.25, 0.3) is 0 Å². The Hall–Kier alpha value is -1.27. The molecule has 1 fully saturated rings. The normalized spacial score (nSPS) is 16.5. The van der Waals surface area contributed by atoms with Crippen LogP contribution in [0.4, 0.5) is 5.82 Å². The maximum absolute atomic E-state index is 6.47. The first-order valence-corrected chi connectivity index (χ1v) is 9.08. The van der Waals surface area contributed by atoms with E-state index >= 15 is 0 Å². The van der Waals surface area contributed by atoms with Crippen molar-refractivity contribution in [3.05, 3.63) is 17.1 Å². The monoisotopic (exact) mass is 320 g/mol. The van der Waals surface area contributed by atoms with Gasteiger partial charge in [-0.1, -0.05) is 0 Å². The maximum Gasteiger partial charge on any atom is 0.155 e. The third-order valence-electron chi connectivity index (χ3n) is 4.46. The first-order valence-electron chi connectivity index (χ1n) is 7.92. The van der Waals surface area contributed by atoms with E-state index < -0.39 is 0 Å². The number of nitrogens with two attached hydrogens (primary N) is 1. The molecule has 120 valence electrons. The van der Waals surface area contributed by atoms with E-state index in [2.05, 4.69) is 28.4 Å². The third kappa shape index (κ3) is 2.70. The molecule has 0 aromatic heterocycles. The number of hydrogen-bond acceptors (Lipinski definition) is 5. The van der Waals surface area contributed by atoms with Crippen molar-refractivity contribution in [2.75, 3.05) is 23.8 Å². The van der Waals surface area contributed by atoms with Crippen LogP contribution < -0.4 is 5.73 Å². The Morgan fingerprint density at radius 1 is 1.23 bits per heavy atom. The van der Waals surface area contributed by atoms with Crippen molar-refractivity contribution in [1.29, 1.82) is 0 Å². The van der Waals surface area contributed by atoms with Gasteiger partial charge in [-0.2, -0.15) is 11.8 Å². The molecule has 0 atom stereocenters. The van der Waals surface area contributed by atoms with Gasteiger partial charge < -0.3 is 15.0 Å². The number of pyridine rings is 1. The van der Waals surface area contributed by atoms with Gasteiger partial charge in [-0.25, -0.2) is 9.97 Å². The van der Waals surface area contributed by atoms with Crippen LogP contribution in [0, 0.1) is 13.8 Å². The lowest BCUT2D eigenvalue weighted by molar-refractivity contribution is 0.129. The molecule has 3 rings (SSSR count). The van der Waals surface area contributed by atoms with Gasteiger partial charge in [0.05, 0.1) is 5.69 Å². The molecule has 0 bridgehead atoms. The number of thioether (sulfide) groups is 1. The molecular formula is C16H24N4OS. The van der Waals surface area contributed by atoms with E-state index in [0.29, 0.717) is 19.3 Å². The molecule has 0 aromatic carbocycles. The van der Waals surface area contributed by atoms with Crippen LogP contribution in [-0.4, -0.2) is 32.6 Å². The average Bonchev–Trinajstić information content (AvgIpc) is 2.97. The lowest BCUT2D eigenvalue weighted by Gasteiger charge is -2.30. The molecule has 0 aromatic rings. The summed E-state index contributed by atoms with van der Waals surface area (Å²) in [6.07, 6.45) is 2.34. The minimum absolute atomic E-state index is 0.448. The Kier molecular flexibility index (Phi) is 4.59. The molecule has 0 radical (unpaired) electrons. The standard InChI is InChI=1S/C16H24N4OS/c1-4-21-9-13-18-14-10(2)11(3)20(16(17)15(14)19-13)12-5-7-22-8-6-12/h12H,4-9,17H2,1-3H3. The maximum atomic E-state index is 6.47. The molecule has 0 unspecified atom stereocenters. The van der Waals surface area contributed by atoms with Crippen LogP contribution in [0.15, 0.2) is 0 Å². The predicted octanol–water partition coefficient (Wildman–Crippen LogP) is 3.19. The van der Waals surface area contributed by atoms with Gasteiger partial charge in [-0.05, 0) is 50.7 Å². The van der Waals surface area contributed by atoms with Gasteiger partial charge in [0.1, 0.15) is 18.1 Å². The Morgan fingerprint density at radius 2 is 1.91 bits per heavy atom. The van der Waals surface area contributed by atoms with Crippen molar-refractivity contribution >= 4 is 17.6 Å². The number of nitrogen functional groups attached to an aromatic ring is 1. The van der Waals surface area contributed by atoms with Gasteiger partial charge in [0.2, 0.25) is 0 Å². The molecule has 6 heteroatoms. The summed E-state index contributed by atoms with van der Waals surface area (Å²) in [5.41, 5.74) is 10.6. The quantitative estimate of drug-likeness (QED) is 0.937. The third-order valence-corrected chi connectivity index (χ3v) is 5.51. The molecule has 0 spiro atoms. The number of fused-ring (bicyclic) bond motifs is 1. The Labute approximate surface area is 136 Å². The SMILES string of the molecule is CCOCc1nc2c(C)c(C)n(C3CCSCC3)c(N)c-2n1. The zero-order valence-electron chi connectivity index (χ0n) is 13.6. The zero-order valence-corrected chi connectivity index (χ0v) is 14.4. The van der Waals surface area contributed by atoms with Crippen LogP contribution in [0.25, 0.3) is 11.4 Å². The van der Waals surface area contributed by atoms with Crippen molar-refractivity contribution < 1.29 is 4.74 Å². The summed E-state index contributed by atoms with van der Waals surface area (Å²) in [7, 11) is 0. The molecule has 3 aliphatic heterocycles. The smallest absolute Gasteiger partial charge is 0.155 e. The van der Waals surface area contributed by atoms with E-state index in [1.54, 1.807) is 0 Å². The largest absolute Gasteiger partial charge is 0.383 e. The zero-order chi connectivity index (χ0) is 15.7. The van der Waals surface area contributed by atoms with Gasteiger partial charge in [-0.15, -0.1) is 0 Å². The second-order valence-electron chi connectivity index (χ2n) is 5.78. The van der Waals surface area contributed by atoms with Gasteiger partial charge in [0.15, 0.2) is 5.82 Å². The molecule has 5 nitrogen and oxygen atoms in total. The highest BCUT2D eigenvalue weighted by Gasteiger charge is 2.26. The van der Waals surface area contributed by atoms with Crippen molar-refractivity contribution in [3.8, 4) is 11.4 Å². The first-order chi connectivity index (χ1) is 10.6. The van der Waals surface area contributed by atoms with E-state index in [-0.39, 0.29) is 0 Å². The Morgan fingerprint density at radius 3 is 2.59 bits per heavy atom. The highest BCUT2D eigenvalue weighted by atomic mass is 32.2. The summed E-state index contributed by atoms with van der Waals surface area (Å²) in [6, 6.07) is 0.483. The number of anilines is 1. The van der Waals surface area contributed by atoms with Crippen LogP contribution in [0.5, 0.6) is 0 Å². The molecule has 2 N–H and O–H groups in total. The number of hydrogen-bond donors (Lipinski definition) is 1. The van der Waals surface area contributed by atoms with Crippen LogP contribution in [0.1, 0.15) is 42.9 Å². The number of nitrogens with zero attached hydrogens (tertiary/aromatic N) is 3. The fourth-order valence-electron chi connectivity index (χ4n) is 3.15. The summed E-state index contributed by atoms with van der Waals surface area (Å²) in [5.74, 6) is 3.89. The number of ether oxygens (including phenoxy) is 1. The summed E-state index contributed by atoms with van der Waals surface area (Å²) in [5, 5.41) is 0. The van der Waals surface area contributed by atoms with E-state index in [0.717, 1.165) is 23.0 Å². The van der Waals surface area contributed by atoms with Crippen molar-refractivity contribution in [1.82, 2.24) is 14.5 Å². The Bertz CT molecular complexity index is 634. The molecule has 3 heterocycles. The highest BCUT2D eigenvalue weighted by Crippen LogP contribution is 2.37. The number of imidazole rings is 1. The number of rotatable bonds is 4. The van der Waals surface area contributed by atoms with Gasteiger partial charge in [-0.3, -0.25) is 0 Å². The molecule has 1 saturated heterocycles. The summed E-state index contributed by atoms with van der Waals surface area (Å²) in [4.78, 5) is 9.24. The number of aromatic nitrogens is 3. The minimum Gasteiger partial charge on any atom is -0.383 e. The summed E-state index contributed by atoms with van der Waals surface area (Å²) >= 11 is 2.03. The molecular weight excluding hydrogens is 296 g/mol. The lowest BCUT2D eigenvalue weighted by Crippen LogP contribution is -2.22. The average molecular weight is 320 g/mol. The highest BCUT2D eigenvalue weighted by molar-refractivity contribution is 7.99. The fraction of sp³-hybridized carbons (Fsp3) is 0.625. The second-order valence-corrected chi connectivity index (χ2v) is 7.01. The predicted molar refractivity (Wildman–Crippen MR) is 91.5 cm³/mol. The van der Waals surface area contributed by atoms with Crippen molar-refractivity contribution in [2.24, 2.45) is 0 Å². The first kappa shape index (κ1) is 15.6. The lowest BCUT2D eigenvalue weighted by atomic mass is 10.0. The van der Waals surface area contributed by atoms with Crippen LogP contribution >= 0.6 is 11.8 Å². The second kappa shape index (κ2) is 6.46. The van der Waals surface area contributed by atoms with E-state index in [1.807, 2.05) is 18.7 Å². The summed E-state index contributed by atoms with van der Waals surface area (Å²) < 4.78 is 7.72. The van der Waals surface area contributed by atoms with E-state index in [4.69, 9.17) is 10.5 Å². The van der Waals surface area contributed by atoms with Crippen LogP contribution in [-0.2, 0) is 11.3 Å². The van der Waals surface area contributed by atoms with Crippen LogP contribution in [0.3, 0.4) is 0 Å². The topological polar surface area (TPSA) is 66.0 Å². The van der Waals surface area contributed by atoms with E-state index in [1.165, 1.54) is 35.6 Å². The molecule has 0 aliphatic carbocycles. The van der Waals surface area contributed by atoms with Crippen molar-refractivity contribution in [3.63, 3.8) is 0 Å². The van der Waals surface area contributed by atoms with E-state index in [9.17, 15) is 0 Å². The molecule has 22 heavy (non-hydrogen) atoms. The minimum atomic E-state index is 0.448. The summed E-state index contributed by atoms with van der Waals surface area (Å²) in [6.45, 7) is 7.34.